The minimum Gasteiger partial charge on any atom is -0.267 e. The monoisotopic (exact) mass is 476 g/mol. The fraction of sp³-hybridized carbons (Fsp3) is 0.625. The molecule has 146 valence electrons. The number of aromatic nitrogens is 2. The van der Waals surface area contributed by atoms with Crippen molar-refractivity contribution in [2.45, 2.75) is 64.5 Å². The Morgan fingerprint density at radius 1 is 0.769 bits per heavy atom. The topological polar surface area (TPSA) is 44.0 Å². The van der Waals surface area contributed by atoms with E-state index in [1.807, 2.05) is 0 Å². The lowest BCUT2D eigenvalue weighted by atomic mass is 10.1. The number of hydrogen-bond donors (Lipinski definition) is 0. The molecule has 0 unspecified atom stereocenters. The van der Waals surface area contributed by atoms with Gasteiger partial charge in [-0.3, -0.25) is 9.59 Å². The highest BCUT2D eigenvalue weighted by atomic mass is 35.5. The maximum absolute atomic E-state index is 12.4. The van der Waals surface area contributed by atoms with E-state index in [4.69, 9.17) is 46.4 Å². The second-order valence-corrected chi connectivity index (χ2v) is 9.94. The lowest BCUT2D eigenvalue weighted by Gasteiger charge is -2.17. The number of halogens is 4. The van der Waals surface area contributed by atoms with Gasteiger partial charge in [-0.25, -0.2) is 7.91 Å². The molecule has 4 nitrogen and oxygen atoms in total. The van der Waals surface area contributed by atoms with Crippen molar-refractivity contribution >= 4 is 69.5 Å². The van der Waals surface area contributed by atoms with Crippen LogP contribution in [0.2, 0.25) is 18.7 Å². The standard InChI is InChI=1S/C16H20Cl4N2O2S2/c1-2-3-4-5-6-7-8-9-10(21-15(23)11(17)13(19)25-21)22-16(24)12(18)14(20)26-22/h10H,2-9H2,1H3. The van der Waals surface area contributed by atoms with Gasteiger partial charge in [0.15, 0.2) is 0 Å². The maximum atomic E-state index is 12.4. The van der Waals surface area contributed by atoms with Crippen molar-refractivity contribution in [2.24, 2.45) is 0 Å². The van der Waals surface area contributed by atoms with Crippen LogP contribution in [0.3, 0.4) is 0 Å². The quantitative estimate of drug-likeness (QED) is 0.348. The van der Waals surface area contributed by atoms with Crippen molar-refractivity contribution in [3.8, 4) is 0 Å². The van der Waals surface area contributed by atoms with E-state index in [-0.39, 0.29) is 18.7 Å². The molecular formula is C16H20Cl4N2O2S2. The zero-order valence-electron chi connectivity index (χ0n) is 14.3. The van der Waals surface area contributed by atoms with Gasteiger partial charge in [-0.15, -0.1) is 0 Å². The van der Waals surface area contributed by atoms with Gasteiger partial charge in [-0.1, -0.05) is 91.9 Å². The van der Waals surface area contributed by atoms with Crippen LogP contribution in [0.25, 0.3) is 0 Å². The molecule has 0 aromatic carbocycles. The molecule has 0 N–H and O–H groups in total. The van der Waals surface area contributed by atoms with Crippen molar-refractivity contribution in [1.29, 1.82) is 0 Å². The Morgan fingerprint density at radius 2 is 1.19 bits per heavy atom. The molecule has 0 atom stereocenters. The van der Waals surface area contributed by atoms with Crippen LogP contribution in [0, 0.1) is 0 Å². The summed E-state index contributed by atoms with van der Waals surface area (Å²) in [6, 6.07) is 0. The highest BCUT2D eigenvalue weighted by Crippen LogP contribution is 2.32. The summed E-state index contributed by atoms with van der Waals surface area (Å²) in [5.74, 6) is 0. The summed E-state index contributed by atoms with van der Waals surface area (Å²) in [5.41, 5.74) is -0.802. The van der Waals surface area contributed by atoms with Crippen molar-refractivity contribution in [3.63, 3.8) is 0 Å². The summed E-state index contributed by atoms with van der Waals surface area (Å²) < 4.78 is 3.30. The zero-order chi connectivity index (χ0) is 19.3. The molecular weight excluding hydrogens is 458 g/mol. The first-order valence-corrected chi connectivity index (χ1v) is 11.6. The fourth-order valence-electron chi connectivity index (χ4n) is 2.70. The SMILES string of the molecule is CCCCCCCCCC(n1sc(Cl)c(Cl)c1=O)n1sc(Cl)c(Cl)c1=O. The zero-order valence-corrected chi connectivity index (χ0v) is 18.9. The van der Waals surface area contributed by atoms with Crippen LogP contribution >= 0.6 is 69.5 Å². The Kier molecular flexibility index (Phi) is 9.04. The molecule has 2 aromatic heterocycles. The molecule has 0 bridgehead atoms. The van der Waals surface area contributed by atoms with Crippen molar-refractivity contribution in [3.05, 3.63) is 39.4 Å². The fourth-order valence-corrected chi connectivity index (χ4v) is 5.53. The maximum Gasteiger partial charge on any atom is 0.282 e. The van der Waals surface area contributed by atoms with Gasteiger partial charge in [0, 0.05) is 0 Å². The van der Waals surface area contributed by atoms with E-state index in [0.717, 1.165) is 42.3 Å². The Hall–Kier alpha value is 0.0200. The molecule has 0 fully saturated rings. The number of nitrogens with zero attached hydrogens (tertiary/aromatic N) is 2. The normalized spacial score (nSPS) is 11.6. The highest BCUT2D eigenvalue weighted by Gasteiger charge is 2.25. The van der Waals surface area contributed by atoms with Crippen molar-refractivity contribution < 1.29 is 0 Å². The smallest absolute Gasteiger partial charge is 0.267 e. The third-order valence-corrected chi connectivity index (χ3v) is 7.94. The predicted octanol–water partition coefficient (Wildman–Crippen LogP) is 6.93. The van der Waals surface area contributed by atoms with Gasteiger partial charge in [0.2, 0.25) is 0 Å². The second kappa shape index (κ2) is 10.5. The third kappa shape index (κ3) is 5.30. The van der Waals surface area contributed by atoms with Crippen LogP contribution in [-0.4, -0.2) is 7.91 Å². The molecule has 0 saturated heterocycles. The Morgan fingerprint density at radius 3 is 1.58 bits per heavy atom. The number of hydrogen-bond acceptors (Lipinski definition) is 4. The summed E-state index contributed by atoms with van der Waals surface area (Å²) in [6.07, 6.45) is 8.04. The average Bonchev–Trinajstić information content (AvgIpc) is 3.02. The minimum atomic E-state index is -0.518. The molecule has 2 heterocycles. The Bertz CT molecular complexity index is 780. The van der Waals surface area contributed by atoms with Gasteiger partial charge < -0.3 is 0 Å². The van der Waals surface area contributed by atoms with Crippen LogP contribution in [0.4, 0.5) is 0 Å². The van der Waals surface area contributed by atoms with Gasteiger partial charge in [-0.2, -0.15) is 0 Å². The first-order valence-electron chi connectivity index (χ1n) is 8.52. The highest BCUT2D eigenvalue weighted by molar-refractivity contribution is 7.12. The van der Waals surface area contributed by atoms with Crippen LogP contribution < -0.4 is 11.1 Å². The van der Waals surface area contributed by atoms with Crippen molar-refractivity contribution in [1.82, 2.24) is 7.91 Å². The molecule has 0 amide bonds. The largest absolute Gasteiger partial charge is 0.282 e. The van der Waals surface area contributed by atoms with Gasteiger partial charge in [0.1, 0.15) is 24.9 Å². The van der Waals surface area contributed by atoms with Gasteiger partial charge in [0.25, 0.3) is 11.1 Å². The first kappa shape index (κ1) is 22.3. The molecule has 0 spiro atoms. The summed E-state index contributed by atoms with van der Waals surface area (Å²) in [7, 11) is 0. The molecule has 0 aliphatic carbocycles. The molecule has 0 aliphatic rings. The molecule has 2 aromatic rings. The second-order valence-electron chi connectivity index (χ2n) is 6.01. The van der Waals surface area contributed by atoms with E-state index in [2.05, 4.69) is 6.92 Å². The van der Waals surface area contributed by atoms with Gasteiger partial charge >= 0.3 is 0 Å². The Balaban J connectivity index is 2.17. The summed E-state index contributed by atoms with van der Waals surface area (Å²) in [5, 5.41) is -0.0499. The van der Waals surface area contributed by atoms with Crippen LogP contribution in [0.5, 0.6) is 0 Å². The van der Waals surface area contributed by atoms with E-state index in [1.54, 1.807) is 0 Å². The lowest BCUT2D eigenvalue weighted by Crippen LogP contribution is -2.29. The average molecular weight is 478 g/mol. The van der Waals surface area contributed by atoms with E-state index in [0.29, 0.717) is 6.42 Å². The van der Waals surface area contributed by atoms with Gasteiger partial charge in [0.05, 0.1) is 0 Å². The summed E-state index contributed by atoms with van der Waals surface area (Å²) >= 11 is 26.0. The third-order valence-electron chi connectivity index (χ3n) is 4.09. The lowest BCUT2D eigenvalue weighted by molar-refractivity contribution is 0.413. The molecule has 10 heteroatoms. The van der Waals surface area contributed by atoms with Crippen LogP contribution in [0.15, 0.2) is 9.59 Å². The first-order chi connectivity index (χ1) is 12.4. The molecule has 0 aliphatic heterocycles. The summed E-state index contributed by atoms with van der Waals surface area (Å²) in [4.78, 5) is 24.8. The van der Waals surface area contributed by atoms with E-state index in [1.165, 1.54) is 33.6 Å². The number of rotatable bonds is 10. The van der Waals surface area contributed by atoms with Crippen LogP contribution in [-0.2, 0) is 0 Å². The molecule has 26 heavy (non-hydrogen) atoms. The summed E-state index contributed by atoms with van der Waals surface area (Å²) in [6.45, 7) is 2.19. The van der Waals surface area contributed by atoms with E-state index in [9.17, 15) is 9.59 Å². The van der Waals surface area contributed by atoms with Gasteiger partial charge in [-0.05, 0) is 35.9 Å². The molecule has 0 radical (unpaired) electrons. The minimum absolute atomic E-state index is 0.0250. The van der Waals surface area contributed by atoms with Crippen molar-refractivity contribution in [2.75, 3.05) is 0 Å². The van der Waals surface area contributed by atoms with E-state index >= 15 is 0 Å². The van der Waals surface area contributed by atoms with E-state index < -0.39 is 17.3 Å². The molecule has 0 saturated carbocycles. The van der Waals surface area contributed by atoms with Crippen LogP contribution in [0.1, 0.15) is 64.5 Å². The Labute approximate surface area is 180 Å². The predicted molar refractivity (Wildman–Crippen MR) is 114 cm³/mol. The number of unbranched alkanes of at least 4 members (excludes halogenated alkanes) is 6. The molecule has 2 rings (SSSR count).